The number of nitrogens with zero attached hydrogens (tertiary/aromatic N) is 1. The van der Waals surface area contributed by atoms with E-state index in [0.29, 0.717) is 44.2 Å². The van der Waals surface area contributed by atoms with E-state index >= 15 is 0 Å². The van der Waals surface area contributed by atoms with Crippen LogP contribution >= 0.6 is 0 Å². The van der Waals surface area contributed by atoms with E-state index in [9.17, 15) is 14.4 Å². The van der Waals surface area contributed by atoms with E-state index in [1.54, 1.807) is 4.90 Å². The molecule has 2 aromatic carbocycles. The maximum Gasteiger partial charge on any atom is 0.339 e. The van der Waals surface area contributed by atoms with Crippen molar-refractivity contribution < 1.29 is 19.1 Å². The molecule has 1 saturated heterocycles. The van der Waals surface area contributed by atoms with Gasteiger partial charge in [0.2, 0.25) is 11.8 Å². The standard InChI is InChI=1S/C25H26N2O4/c28-22-16-18(12-15-27(22)19-6-2-1-3-7-19)26-23(29)17-10-13-25(14-11-17)21-9-5-4-8-20(21)24(30)31-25/h1-9,17-18H,10-16H2,(H,26,29). The quantitative estimate of drug-likeness (QED) is 0.774. The summed E-state index contributed by atoms with van der Waals surface area (Å²) < 4.78 is 5.79. The Morgan fingerprint density at radius 3 is 2.42 bits per heavy atom. The number of ether oxygens (including phenoxy) is 1. The Kier molecular flexibility index (Phi) is 5.00. The molecule has 1 unspecified atom stereocenters. The molecule has 2 amide bonds. The molecule has 6 nitrogen and oxygen atoms in total. The SMILES string of the molecule is O=C1OC2(CCC(C(=O)NC3CCN(c4ccccc4)C(=O)C3)CC2)c2ccccc21. The Morgan fingerprint density at radius 2 is 1.68 bits per heavy atom. The minimum atomic E-state index is -0.582. The number of rotatable bonds is 3. The van der Waals surface area contributed by atoms with Crippen LogP contribution in [0.25, 0.3) is 0 Å². The van der Waals surface area contributed by atoms with Crippen LogP contribution in [0.1, 0.15) is 54.4 Å². The highest BCUT2D eigenvalue weighted by Gasteiger charge is 2.48. The smallest absolute Gasteiger partial charge is 0.339 e. The summed E-state index contributed by atoms with van der Waals surface area (Å²) in [6, 6.07) is 17.1. The number of hydrogen-bond donors (Lipinski definition) is 1. The molecular formula is C25H26N2O4. The Bertz CT molecular complexity index is 1010. The second-order valence-electron chi connectivity index (χ2n) is 8.78. The average Bonchev–Trinajstić information content (AvgIpc) is 3.06. The second-order valence-corrected chi connectivity index (χ2v) is 8.78. The molecule has 3 aliphatic rings. The summed E-state index contributed by atoms with van der Waals surface area (Å²) in [5.41, 5.74) is 1.93. The van der Waals surface area contributed by atoms with Gasteiger partial charge in [-0.05, 0) is 50.3 Å². The number of benzene rings is 2. The van der Waals surface area contributed by atoms with Crippen LogP contribution in [0.4, 0.5) is 5.69 Å². The van der Waals surface area contributed by atoms with Gasteiger partial charge in [-0.3, -0.25) is 9.59 Å². The van der Waals surface area contributed by atoms with Gasteiger partial charge in [0, 0.05) is 36.2 Å². The number of hydrogen-bond acceptors (Lipinski definition) is 4. The zero-order chi connectivity index (χ0) is 21.4. The van der Waals surface area contributed by atoms with E-state index in [-0.39, 0.29) is 29.7 Å². The number of amides is 2. The van der Waals surface area contributed by atoms with Crippen molar-refractivity contribution in [2.75, 3.05) is 11.4 Å². The largest absolute Gasteiger partial charge is 0.451 e. The first-order chi connectivity index (χ1) is 15.1. The van der Waals surface area contributed by atoms with Crippen LogP contribution < -0.4 is 10.2 Å². The van der Waals surface area contributed by atoms with E-state index in [0.717, 1.165) is 17.7 Å². The van der Waals surface area contributed by atoms with E-state index in [1.165, 1.54) is 0 Å². The van der Waals surface area contributed by atoms with E-state index in [4.69, 9.17) is 4.74 Å². The van der Waals surface area contributed by atoms with Crippen LogP contribution in [0.3, 0.4) is 0 Å². The van der Waals surface area contributed by atoms with Crippen molar-refractivity contribution in [1.82, 2.24) is 5.32 Å². The molecule has 2 heterocycles. The van der Waals surface area contributed by atoms with E-state index in [1.807, 2.05) is 54.6 Å². The number of anilines is 1. The fourth-order valence-corrected chi connectivity index (χ4v) is 5.22. The Morgan fingerprint density at radius 1 is 0.968 bits per heavy atom. The number of carbonyl (C=O) groups is 3. The van der Waals surface area contributed by atoms with Crippen molar-refractivity contribution in [3.63, 3.8) is 0 Å². The van der Waals surface area contributed by atoms with Crippen LogP contribution in [0, 0.1) is 5.92 Å². The molecule has 160 valence electrons. The van der Waals surface area contributed by atoms with Crippen molar-refractivity contribution in [3.8, 4) is 0 Å². The van der Waals surface area contributed by atoms with Gasteiger partial charge >= 0.3 is 5.97 Å². The van der Waals surface area contributed by atoms with Gasteiger partial charge in [-0.15, -0.1) is 0 Å². The van der Waals surface area contributed by atoms with Gasteiger partial charge < -0.3 is 15.0 Å². The molecule has 1 saturated carbocycles. The zero-order valence-electron chi connectivity index (χ0n) is 17.4. The lowest BCUT2D eigenvalue weighted by Gasteiger charge is -2.37. The normalized spacial score (nSPS) is 27.7. The number of nitrogens with one attached hydrogen (secondary N) is 1. The van der Waals surface area contributed by atoms with Crippen molar-refractivity contribution >= 4 is 23.5 Å². The fourth-order valence-electron chi connectivity index (χ4n) is 5.22. The first-order valence-electron chi connectivity index (χ1n) is 11.0. The highest BCUT2D eigenvalue weighted by atomic mass is 16.6. The van der Waals surface area contributed by atoms with Crippen molar-refractivity contribution in [2.24, 2.45) is 5.92 Å². The summed E-state index contributed by atoms with van der Waals surface area (Å²) in [6.07, 6.45) is 3.71. The van der Waals surface area contributed by atoms with Crippen molar-refractivity contribution in [3.05, 3.63) is 65.7 Å². The number of para-hydroxylation sites is 1. The van der Waals surface area contributed by atoms with E-state index < -0.39 is 5.60 Å². The topological polar surface area (TPSA) is 75.7 Å². The van der Waals surface area contributed by atoms with Crippen molar-refractivity contribution in [2.45, 2.75) is 50.2 Å². The molecule has 0 aromatic heterocycles. The highest BCUT2D eigenvalue weighted by molar-refractivity contribution is 5.95. The first kappa shape index (κ1) is 19.8. The third-order valence-electron chi connectivity index (χ3n) is 6.93. The third-order valence-corrected chi connectivity index (χ3v) is 6.93. The van der Waals surface area contributed by atoms with Gasteiger partial charge in [-0.1, -0.05) is 36.4 Å². The van der Waals surface area contributed by atoms with Gasteiger partial charge in [0.05, 0.1) is 5.56 Å². The Labute approximate surface area is 181 Å². The summed E-state index contributed by atoms with van der Waals surface area (Å²) in [6.45, 7) is 0.605. The second kappa shape index (κ2) is 7.84. The molecule has 1 spiro atoms. The predicted molar refractivity (Wildman–Crippen MR) is 115 cm³/mol. The van der Waals surface area contributed by atoms with Crippen LogP contribution in [-0.4, -0.2) is 30.4 Å². The number of fused-ring (bicyclic) bond motifs is 2. The molecule has 1 N–H and O–H groups in total. The van der Waals surface area contributed by atoms with Gasteiger partial charge in [-0.2, -0.15) is 0 Å². The first-order valence-corrected chi connectivity index (χ1v) is 11.0. The third kappa shape index (κ3) is 3.60. The molecule has 31 heavy (non-hydrogen) atoms. The maximum absolute atomic E-state index is 12.9. The molecular weight excluding hydrogens is 392 g/mol. The summed E-state index contributed by atoms with van der Waals surface area (Å²) >= 11 is 0. The Hall–Kier alpha value is -3.15. The average molecular weight is 418 g/mol. The molecule has 2 fully saturated rings. The van der Waals surface area contributed by atoms with Crippen molar-refractivity contribution in [1.29, 1.82) is 0 Å². The minimum absolute atomic E-state index is 0.0124. The maximum atomic E-state index is 12.9. The molecule has 1 aliphatic carbocycles. The summed E-state index contributed by atoms with van der Waals surface area (Å²) in [5, 5.41) is 3.10. The summed E-state index contributed by atoms with van der Waals surface area (Å²) in [4.78, 5) is 39.5. The number of esters is 1. The summed E-state index contributed by atoms with van der Waals surface area (Å²) in [5.74, 6) is -0.320. The predicted octanol–water partition coefficient (Wildman–Crippen LogP) is 3.55. The van der Waals surface area contributed by atoms with Crippen LogP contribution in [0.15, 0.2) is 54.6 Å². The minimum Gasteiger partial charge on any atom is -0.451 e. The van der Waals surface area contributed by atoms with Gasteiger partial charge in [0.25, 0.3) is 0 Å². The van der Waals surface area contributed by atoms with Crippen LogP contribution in [0.2, 0.25) is 0 Å². The lowest BCUT2D eigenvalue weighted by molar-refractivity contribution is -0.129. The number of carbonyl (C=O) groups excluding carboxylic acids is 3. The molecule has 2 aromatic rings. The zero-order valence-corrected chi connectivity index (χ0v) is 17.4. The molecule has 1 atom stereocenters. The van der Waals surface area contributed by atoms with Gasteiger partial charge in [-0.25, -0.2) is 4.79 Å². The van der Waals surface area contributed by atoms with Gasteiger partial charge in [0.1, 0.15) is 5.60 Å². The molecule has 0 bridgehead atoms. The summed E-state index contributed by atoms with van der Waals surface area (Å²) in [7, 11) is 0. The lowest BCUT2D eigenvalue weighted by Crippen LogP contribution is -2.49. The molecule has 6 heteroatoms. The molecule has 5 rings (SSSR count). The molecule has 0 radical (unpaired) electrons. The van der Waals surface area contributed by atoms with Crippen LogP contribution in [-0.2, 0) is 19.9 Å². The lowest BCUT2D eigenvalue weighted by atomic mass is 9.74. The number of piperidine rings is 1. The Balaban J connectivity index is 1.17. The van der Waals surface area contributed by atoms with Gasteiger partial charge in [0.15, 0.2) is 0 Å². The van der Waals surface area contributed by atoms with Crippen LogP contribution in [0.5, 0.6) is 0 Å². The monoisotopic (exact) mass is 418 g/mol. The van der Waals surface area contributed by atoms with E-state index in [2.05, 4.69) is 5.32 Å². The highest BCUT2D eigenvalue weighted by Crippen LogP contribution is 2.48. The molecule has 2 aliphatic heterocycles. The fraction of sp³-hybridized carbons (Fsp3) is 0.400.